The van der Waals surface area contributed by atoms with Gasteiger partial charge in [-0.15, -0.1) is 11.3 Å². The third-order valence-electron chi connectivity index (χ3n) is 3.28. The molecule has 5 nitrogen and oxygen atoms in total. The fraction of sp³-hybridized carbons (Fsp3) is 0.0556. The van der Waals surface area contributed by atoms with E-state index in [2.05, 4.69) is 4.98 Å². The monoisotopic (exact) mass is 338 g/mol. The van der Waals surface area contributed by atoms with E-state index in [1.54, 1.807) is 18.2 Å². The van der Waals surface area contributed by atoms with Crippen LogP contribution in [0, 0.1) is 0 Å². The van der Waals surface area contributed by atoms with Crippen LogP contribution in [0.25, 0.3) is 0 Å². The van der Waals surface area contributed by atoms with E-state index in [0.717, 1.165) is 10.6 Å². The maximum atomic E-state index is 12.2. The number of carbonyl (C=O) groups excluding carboxylic acids is 2. The molecule has 1 amide bonds. The smallest absolute Gasteiger partial charge is 0.355 e. The Morgan fingerprint density at radius 2 is 1.88 bits per heavy atom. The molecule has 0 fully saturated rings. The number of hydrogen-bond acceptors (Lipinski definition) is 5. The number of benzene rings is 2. The second-order valence-electron chi connectivity index (χ2n) is 5.06. The van der Waals surface area contributed by atoms with Crippen molar-refractivity contribution in [1.29, 1.82) is 0 Å². The zero-order chi connectivity index (χ0) is 16.9. The topological polar surface area (TPSA) is 82.3 Å². The average molecular weight is 338 g/mol. The highest BCUT2D eigenvalue weighted by Gasteiger charge is 2.14. The minimum absolute atomic E-state index is 0.273. The predicted molar refractivity (Wildman–Crippen MR) is 91.3 cm³/mol. The first-order valence-electron chi connectivity index (χ1n) is 7.22. The van der Waals surface area contributed by atoms with Gasteiger partial charge in [0, 0.05) is 12.0 Å². The molecule has 0 atom stereocenters. The van der Waals surface area contributed by atoms with E-state index in [-0.39, 0.29) is 11.3 Å². The van der Waals surface area contributed by atoms with Gasteiger partial charge in [-0.3, -0.25) is 4.79 Å². The van der Waals surface area contributed by atoms with E-state index in [1.807, 2.05) is 30.3 Å². The van der Waals surface area contributed by atoms with Crippen LogP contribution < -0.4 is 10.5 Å². The lowest BCUT2D eigenvalue weighted by atomic mass is 10.2. The normalized spacial score (nSPS) is 10.3. The minimum Gasteiger partial charge on any atom is -0.422 e. The molecule has 2 N–H and O–H groups in total. The number of nitrogens with zero attached hydrogens (tertiary/aromatic N) is 1. The number of esters is 1. The summed E-state index contributed by atoms with van der Waals surface area (Å²) in [5.41, 5.74) is 6.63. The van der Waals surface area contributed by atoms with Crippen molar-refractivity contribution >= 4 is 23.2 Å². The number of carbonyl (C=O) groups is 2. The van der Waals surface area contributed by atoms with Gasteiger partial charge in [-0.25, -0.2) is 9.78 Å². The highest BCUT2D eigenvalue weighted by atomic mass is 32.1. The molecule has 1 aromatic heterocycles. The number of rotatable bonds is 5. The lowest BCUT2D eigenvalue weighted by Crippen LogP contribution is -2.12. The van der Waals surface area contributed by atoms with Crippen molar-refractivity contribution in [2.75, 3.05) is 0 Å². The van der Waals surface area contributed by atoms with Gasteiger partial charge in [0.25, 0.3) is 0 Å². The van der Waals surface area contributed by atoms with E-state index < -0.39 is 11.9 Å². The first-order chi connectivity index (χ1) is 11.6. The highest BCUT2D eigenvalue weighted by molar-refractivity contribution is 7.13. The van der Waals surface area contributed by atoms with Crippen molar-refractivity contribution < 1.29 is 14.3 Å². The van der Waals surface area contributed by atoms with Gasteiger partial charge in [0.05, 0.1) is 11.2 Å². The van der Waals surface area contributed by atoms with Crippen LogP contribution in [-0.4, -0.2) is 16.9 Å². The van der Waals surface area contributed by atoms with Crippen molar-refractivity contribution in [2.45, 2.75) is 6.42 Å². The summed E-state index contributed by atoms with van der Waals surface area (Å²) in [6.07, 6.45) is 2.17. The fourth-order valence-corrected chi connectivity index (χ4v) is 2.96. The maximum absolute atomic E-state index is 12.2. The molecule has 0 radical (unpaired) electrons. The summed E-state index contributed by atoms with van der Waals surface area (Å²) in [4.78, 5) is 28.0. The molecule has 120 valence electrons. The SMILES string of the molecule is NC(=O)c1cccc(OC(=O)c2cnc(Cc3ccccc3)s2)c1. The molecule has 0 aliphatic heterocycles. The summed E-state index contributed by atoms with van der Waals surface area (Å²) in [7, 11) is 0. The molecular formula is C18H14N2O3S. The van der Waals surface area contributed by atoms with Crippen molar-refractivity contribution in [1.82, 2.24) is 4.98 Å². The molecule has 0 aliphatic carbocycles. The van der Waals surface area contributed by atoms with Crippen LogP contribution in [-0.2, 0) is 6.42 Å². The van der Waals surface area contributed by atoms with Gasteiger partial charge in [0.2, 0.25) is 5.91 Å². The molecule has 0 spiro atoms. The van der Waals surface area contributed by atoms with Gasteiger partial charge in [0.1, 0.15) is 10.6 Å². The Bertz CT molecular complexity index is 875. The lowest BCUT2D eigenvalue weighted by molar-refractivity contribution is 0.0738. The molecule has 3 rings (SSSR count). The van der Waals surface area contributed by atoms with E-state index >= 15 is 0 Å². The average Bonchev–Trinajstić information content (AvgIpc) is 3.04. The molecule has 24 heavy (non-hydrogen) atoms. The van der Waals surface area contributed by atoms with Crippen LogP contribution in [0.15, 0.2) is 60.8 Å². The molecule has 0 saturated heterocycles. The summed E-state index contributed by atoms with van der Waals surface area (Å²) < 4.78 is 5.28. The van der Waals surface area contributed by atoms with Crippen LogP contribution in [0.5, 0.6) is 5.75 Å². The Balaban J connectivity index is 1.70. The van der Waals surface area contributed by atoms with Crippen LogP contribution >= 0.6 is 11.3 Å². The van der Waals surface area contributed by atoms with Crippen LogP contribution in [0.4, 0.5) is 0 Å². The predicted octanol–water partition coefficient (Wildman–Crippen LogP) is 3.05. The van der Waals surface area contributed by atoms with Crippen molar-refractivity contribution in [3.63, 3.8) is 0 Å². The minimum atomic E-state index is -0.573. The van der Waals surface area contributed by atoms with Crippen molar-refractivity contribution in [2.24, 2.45) is 5.73 Å². The van der Waals surface area contributed by atoms with Crippen molar-refractivity contribution in [3.05, 3.63) is 81.8 Å². The fourth-order valence-electron chi connectivity index (χ4n) is 2.13. The van der Waals surface area contributed by atoms with E-state index in [1.165, 1.54) is 23.6 Å². The second-order valence-corrected chi connectivity index (χ2v) is 6.18. The zero-order valence-electron chi connectivity index (χ0n) is 12.6. The summed E-state index contributed by atoms with van der Waals surface area (Å²) in [5.74, 6) is -0.807. The van der Waals surface area contributed by atoms with Crippen LogP contribution in [0.1, 0.15) is 30.6 Å². The van der Waals surface area contributed by atoms with E-state index in [0.29, 0.717) is 11.3 Å². The highest BCUT2D eigenvalue weighted by Crippen LogP contribution is 2.20. The number of ether oxygens (including phenoxy) is 1. The standard InChI is InChI=1S/C18H14N2O3S/c19-17(21)13-7-4-8-14(10-13)23-18(22)15-11-20-16(24-15)9-12-5-2-1-3-6-12/h1-8,10-11H,9H2,(H2,19,21). The number of amides is 1. The molecule has 3 aromatic rings. The van der Waals surface area contributed by atoms with Gasteiger partial charge in [0.15, 0.2) is 0 Å². The Labute approximate surface area is 142 Å². The molecule has 0 bridgehead atoms. The first-order valence-corrected chi connectivity index (χ1v) is 8.04. The Morgan fingerprint density at radius 1 is 1.08 bits per heavy atom. The third kappa shape index (κ3) is 3.85. The van der Waals surface area contributed by atoms with Gasteiger partial charge >= 0.3 is 5.97 Å². The number of hydrogen-bond donors (Lipinski definition) is 1. The molecule has 2 aromatic carbocycles. The van der Waals surface area contributed by atoms with Gasteiger partial charge in [-0.05, 0) is 23.8 Å². The molecule has 6 heteroatoms. The number of primary amides is 1. The van der Waals surface area contributed by atoms with Gasteiger partial charge in [-0.1, -0.05) is 36.4 Å². The molecule has 0 aliphatic rings. The first kappa shape index (κ1) is 15.9. The molecular weight excluding hydrogens is 324 g/mol. The largest absolute Gasteiger partial charge is 0.422 e. The molecule has 0 saturated carbocycles. The van der Waals surface area contributed by atoms with E-state index in [4.69, 9.17) is 10.5 Å². The zero-order valence-corrected chi connectivity index (χ0v) is 13.5. The van der Waals surface area contributed by atoms with Crippen LogP contribution in [0.2, 0.25) is 0 Å². The summed E-state index contributed by atoms with van der Waals surface area (Å²) in [5, 5.41) is 0.832. The van der Waals surface area contributed by atoms with Crippen molar-refractivity contribution in [3.8, 4) is 5.75 Å². The third-order valence-corrected chi connectivity index (χ3v) is 4.26. The molecule has 1 heterocycles. The van der Waals surface area contributed by atoms with Gasteiger partial charge in [-0.2, -0.15) is 0 Å². The number of aromatic nitrogens is 1. The summed E-state index contributed by atoms with van der Waals surface area (Å²) in [6, 6.07) is 16.1. The summed E-state index contributed by atoms with van der Waals surface area (Å²) in [6.45, 7) is 0. The van der Waals surface area contributed by atoms with Crippen LogP contribution in [0.3, 0.4) is 0 Å². The second kappa shape index (κ2) is 7.06. The number of nitrogens with two attached hydrogens (primary N) is 1. The Kier molecular flexibility index (Phi) is 4.67. The number of thiazole rings is 1. The maximum Gasteiger partial charge on any atom is 0.355 e. The Hall–Kier alpha value is -2.99. The van der Waals surface area contributed by atoms with Gasteiger partial charge < -0.3 is 10.5 Å². The molecule has 0 unspecified atom stereocenters. The summed E-state index contributed by atoms with van der Waals surface area (Å²) >= 11 is 1.29. The lowest BCUT2D eigenvalue weighted by Gasteiger charge is -2.03. The Morgan fingerprint density at radius 3 is 2.62 bits per heavy atom. The quantitative estimate of drug-likeness (QED) is 0.572. The van der Waals surface area contributed by atoms with E-state index in [9.17, 15) is 9.59 Å².